The van der Waals surface area contributed by atoms with Gasteiger partial charge in [0.1, 0.15) is 0 Å². The zero-order valence-electron chi connectivity index (χ0n) is 11.2. The summed E-state index contributed by atoms with van der Waals surface area (Å²) in [5.41, 5.74) is 5.74. The third-order valence-electron chi connectivity index (χ3n) is 2.52. The molecule has 0 aliphatic heterocycles. The minimum absolute atomic E-state index is 0.130. The maximum atomic E-state index is 12.0. The van der Waals surface area contributed by atoms with Crippen molar-refractivity contribution in [1.82, 2.24) is 14.6 Å². The Bertz CT molecular complexity index is 492. The van der Waals surface area contributed by atoms with Crippen LogP contribution in [0.1, 0.15) is 0 Å². The summed E-state index contributed by atoms with van der Waals surface area (Å²) in [6, 6.07) is 3.10. The molecule has 0 spiro atoms. The Labute approximate surface area is 113 Å². The molecular weight excluding hydrogens is 268 g/mol. The average Bonchev–Trinajstić information content (AvgIpc) is 2.36. The first-order valence-corrected chi connectivity index (χ1v) is 7.33. The van der Waals surface area contributed by atoms with E-state index < -0.39 is 10.0 Å². The van der Waals surface area contributed by atoms with Crippen molar-refractivity contribution < 1.29 is 13.2 Å². The molecule has 1 aromatic heterocycles. The molecule has 8 heteroatoms. The summed E-state index contributed by atoms with van der Waals surface area (Å²) in [4.78, 5) is 5.75. The monoisotopic (exact) mass is 288 g/mol. The van der Waals surface area contributed by atoms with Crippen molar-refractivity contribution in [3.8, 4) is 0 Å². The number of aromatic nitrogens is 1. The summed E-state index contributed by atoms with van der Waals surface area (Å²) in [5, 5.41) is -0.130. The van der Waals surface area contributed by atoms with Crippen LogP contribution in [-0.4, -0.2) is 58.7 Å². The minimum atomic E-state index is -3.65. The van der Waals surface area contributed by atoms with E-state index >= 15 is 0 Å². The number of nitrogens with two attached hydrogens (primary N) is 1. The molecule has 0 radical (unpaired) electrons. The fourth-order valence-electron chi connectivity index (χ4n) is 1.43. The van der Waals surface area contributed by atoms with Crippen LogP contribution in [0.2, 0.25) is 0 Å². The van der Waals surface area contributed by atoms with Crippen molar-refractivity contribution >= 4 is 15.7 Å². The second kappa shape index (κ2) is 7.39. The average molecular weight is 288 g/mol. The van der Waals surface area contributed by atoms with Crippen LogP contribution in [0, 0.1) is 0 Å². The zero-order valence-corrected chi connectivity index (χ0v) is 12.0. The van der Waals surface area contributed by atoms with Gasteiger partial charge in [-0.15, -0.1) is 0 Å². The van der Waals surface area contributed by atoms with Crippen LogP contribution in [0.25, 0.3) is 0 Å². The van der Waals surface area contributed by atoms with Crippen LogP contribution < -0.4 is 10.5 Å². The van der Waals surface area contributed by atoms with Gasteiger partial charge in [-0.2, -0.15) is 0 Å². The van der Waals surface area contributed by atoms with Gasteiger partial charge in [-0.1, -0.05) is 0 Å². The number of rotatable bonds is 8. The largest absolute Gasteiger partial charge is 0.396 e. The Balaban J connectivity index is 2.51. The second-order valence-corrected chi connectivity index (χ2v) is 5.77. The number of hydrogen-bond donors (Lipinski definition) is 2. The maximum Gasteiger partial charge on any atom is 0.260 e. The van der Waals surface area contributed by atoms with Crippen LogP contribution in [-0.2, 0) is 14.8 Å². The second-order valence-electron chi connectivity index (χ2n) is 4.09. The maximum absolute atomic E-state index is 12.0. The van der Waals surface area contributed by atoms with E-state index in [9.17, 15) is 8.42 Å². The molecule has 1 aromatic rings. The predicted molar refractivity (Wildman–Crippen MR) is 73.2 cm³/mol. The van der Waals surface area contributed by atoms with Crippen LogP contribution in [0.3, 0.4) is 0 Å². The van der Waals surface area contributed by atoms with Crippen molar-refractivity contribution in [1.29, 1.82) is 0 Å². The summed E-state index contributed by atoms with van der Waals surface area (Å²) < 4.78 is 31.3. The number of likely N-dealkylation sites (N-methyl/N-ethyl adjacent to an activating group) is 1. The highest BCUT2D eigenvalue weighted by molar-refractivity contribution is 7.89. The van der Waals surface area contributed by atoms with Gasteiger partial charge in [-0.25, -0.2) is 18.1 Å². The first-order chi connectivity index (χ1) is 8.97. The molecular formula is C11H20N4O3S. The summed E-state index contributed by atoms with van der Waals surface area (Å²) in [6.07, 6.45) is 1.40. The van der Waals surface area contributed by atoms with Gasteiger partial charge in [0.2, 0.25) is 0 Å². The molecule has 19 heavy (non-hydrogen) atoms. The number of pyridine rings is 1. The molecule has 0 amide bonds. The first-order valence-electron chi connectivity index (χ1n) is 5.85. The number of sulfonamides is 1. The van der Waals surface area contributed by atoms with Crippen LogP contribution in [0.4, 0.5) is 5.69 Å². The van der Waals surface area contributed by atoms with Gasteiger partial charge < -0.3 is 15.4 Å². The number of nitrogens with one attached hydrogen (secondary N) is 1. The normalized spacial score (nSPS) is 11.9. The van der Waals surface area contributed by atoms with Gasteiger partial charge in [-0.3, -0.25) is 0 Å². The summed E-state index contributed by atoms with van der Waals surface area (Å²) >= 11 is 0. The molecule has 0 fully saturated rings. The molecule has 0 bridgehead atoms. The molecule has 0 atom stereocenters. The fourth-order valence-corrected chi connectivity index (χ4v) is 2.50. The number of nitrogen functional groups attached to an aromatic ring is 1. The van der Waals surface area contributed by atoms with Crippen molar-refractivity contribution in [2.75, 3.05) is 46.1 Å². The quantitative estimate of drug-likeness (QED) is 0.670. The Morgan fingerprint density at radius 3 is 2.84 bits per heavy atom. The van der Waals surface area contributed by atoms with E-state index in [-0.39, 0.29) is 10.7 Å². The molecule has 1 rings (SSSR count). The highest BCUT2D eigenvalue weighted by atomic mass is 32.2. The Morgan fingerprint density at radius 2 is 2.21 bits per heavy atom. The Kier molecular flexibility index (Phi) is 6.16. The third-order valence-corrected chi connectivity index (χ3v) is 3.95. The van der Waals surface area contributed by atoms with Crippen LogP contribution in [0.5, 0.6) is 0 Å². The summed E-state index contributed by atoms with van der Waals surface area (Å²) in [5.74, 6) is 0. The molecule has 0 saturated heterocycles. The molecule has 0 saturated carbocycles. The predicted octanol–water partition coefficient (Wildman–Crippen LogP) is -0.480. The van der Waals surface area contributed by atoms with E-state index in [1.807, 2.05) is 11.9 Å². The van der Waals surface area contributed by atoms with Gasteiger partial charge in [0, 0.05) is 32.9 Å². The lowest BCUT2D eigenvalue weighted by molar-refractivity contribution is 0.162. The van der Waals surface area contributed by atoms with Crippen molar-refractivity contribution in [3.63, 3.8) is 0 Å². The van der Waals surface area contributed by atoms with E-state index in [4.69, 9.17) is 10.5 Å². The van der Waals surface area contributed by atoms with Crippen molar-refractivity contribution in [3.05, 3.63) is 18.3 Å². The smallest absolute Gasteiger partial charge is 0.260 e. The highest BCUT2D eigenvalue weighted by Crippen LogP contribution is 2.12. The molecule has 0 aliphatic rings. The topological polar surface area (TPSA) is 97.5 Å². The van der Waals surface area contributed by atoms with Gasteiger partial charge in [0.15, 0.2) is 5.03 Å². The van der Waals surface area contributed by atoms with E-state index in [0.29, 0.717) is 19.7 Å². The van der Waals surface area contributed by atoms with E-state index in [1.54, 1.807) is 13.2 Å². The number of ether oxygens (including phenoxy) is 1. The lowest BCUT2D eigenvalue weighted by atomic mass is 10.4. The lowest BCUT2D eigenvalue weighted by Gasteiger charge is -2.16. The van der Waals surface area contributed by atoms with E-state index in [0.717, 1.165) is 6.54 Å². The highest BCUT2D eigenvalue weighted by Gasteiger charge is 2.18. The van der Waals surface area contributed by atoms with E-state index in [2.05, 4.69) is 9.71 Å². The molecule has 1 heterocycles. The van der Waals surface area contributed by atoms with Crippen molar-refractivity contribution in [2.45, 2.75) is 5.03 Å². The van der Waals surface area contributed by atoms with Crippen LogP contribution in [0.15, 0.2) is 23.4 Å². The minimum Gasteiger partial charge on any atom is -0.396 e. The molecule has 0 unspecified atom stereocenters. The number of methoxy groups -OCH3 is 1. The van der Waals surface area contributed by atoms with Crippen LogP contribution >= 0.6 is 0 Å². The van der Waals surface area contributed by atoms with Gasteiger partial charge >= 0.3 is 0 Å². The molecule has 7 nitrogen and oxygen atoms in total. The number of nitrogens with zero attached hydrogens (tertiary/aromatic N) is 2. The third kappa shape index (κ3) is 5.11. The van der Waals surface area contributed by atoms with E-state index in [1.165, 1.54) is 12.3 Å². The molecule has 108 valence electrons. The van der Waals surface area contributed by atoms with Gasteiger partial charge in [0.25, 0.3) is 10.0 Å². The van der Waals surface area contributed by atoms with Gasteiger partial charge in [-0.05, 0) is 19.2 Å². The standard InChI is InChI=1S/C11H20N4O3S/c1-15(8-9-18-2)7-6-14-19(16,17)11-10(12)4-3-5-13-11/h3-5,14H,6-9,12H2,1-2H3. The van der Waals surface area contributed by atoms with Gasteiger partial charge in [0.05, 0.1) is 12.3 Å². The Hall–Kier alpha value is -1.22. The number of hydrogen-bond acceptors (Lipinski definition) is 6. The summed E-state index contributed by atoms with van der Waals surface area (Å²) in [7, 11) is -0.134. The summed E-state index contributed by atoms with van der Waals surface area (Å²) in [6.45, 7) is 2.22. The molecule has 3 N–H and O–H groups in total. The Morgan fingerprint density at radius 1 is 1.47 bits per heavy atom. The molecule has 0 aliphatic carbocycles. The first kappa shape index (κ1) is 15.8. The lowest BCUT2D eigenvalue weighted by Crippen LogP contribution is -2.34. The molecule has 0 aromatic carbocycles. The van der Waals surface area contributed by atoms with Crippen molar-refractivity contribution in [2.24, 2.45) is 0 Å². The zero-order chi connectivity index (χ0) is 14.3. The fraction of sp³-hybridized carbons (Fsp3) is 0.545. The SMILES string of the molecule is COCCN(C)CCNS(=O)(=O)c1ncccc1N. The number of anilines is 1.